The summed E-state index contributed by atoms with van der Waals surface area (Å²) in [4.78, 5) is 13.0. The number of nitrogens with one attached hydrogen (secondary N) is 1. The van der Waals surface area contributed by atoms with Crippen LogP contribution in [0.25, 0.3) is 0 Å². The molecule has 0 unspecified atom stereocenters. The number of hydrogen-bond donors (Lipinski definition) is 1. The van der Waals surface area contributed by atoms with Gasteiger partial charge in [-0.2, -0.15) is 5.26 Å². The zero-order valence-corrected chi connectivity index (χ0v) is 19.6. The molecule has 0 saturated carbocycles. The SMILES string of the molecule is CCc1cccc(Oc2ccc(C(=O)CC3CC(C)(C)NC(C)(C)C3)cc2C)c1C#N. The van der Waals surface area contributed by atoms with Crippen LogP contribution in [0.2, 0.25) is 0 Å². The summed E-state index contributed by atoms with van der Waals surface area (Å²) in [5.41, 5.74) is 3.22. The maximum atomic E-state index is 13.0. The molecule has 3 rings (SSSR count). The van der Waals surface area contributed by atoms with Gasteiger partial charge in [-0.05, 0) is 95.2 Å². The van der Waals surface area contributed by atoms with Crippen LogP contribution in [0.4, 0.5) is 0 Å². The molecule has 4 nitrogen and oxygen atoms in total. The fourth-order valence-electron chi connectivity index (χ4n) is 5.20. The van der Waals surface area contributed by atoms with E-state index in [1.165, 1.54) is 0 Å². The molecule has 31 heavy (non-hydrogen) atoms. The van der Waals surface area contributed by atoms with Gasteiger partial charge in [0.25, 0.3) is 0 Å². The molecule has 2 aromatic rings. The van der Waals surface area contributed by atoms with Crippen molar-refractivity contribution in [2.45, 2.75) is 78.3 Å². The molecule has 1 heterocycles. The summed E-state index contributed by atoms with van der Waals surface area (Å²) in [5, 5.41) is 13.2. The van der Waals surface area contributed by atoms with Crippen molar-refractivity contribution in [1.29, 1.82) is 5.26 Å². The third-order valence-electron chi connectivity index (χ3n) is 6.07. The van der Waals surface area contributed by atoms with E-state index in [1.54, 1.807) is 0 Å². The average Bonchev–Trinajstić information content (AvgIpc) is 2.66. The number of ether oxygens (including phenoxy) is 1. The van der Waals surface area contributed by atoms with Gasteiger partial charge in [0.15, 0.2) is 5.78 Å². The molecule has 0 spiro atoms. The Morgan fingerprint density at radius 2 is 1.81 bits per heavy atom. The lowest BCUT2D eigenvalue weighted by Crippen LogP contribution is -2.57. The second-order valence-corrected chi connectivity index (χ2v) is 10.1. The molecule has 1 saturated heterocycles. The minimum atomic E-state index is 0.0335. The predicted octanol–water partition coefficient (Wildman–Crippen LogP) is 6.35. The van der Waals surface area contributed by atoms with Gasteiger partial charge in [-0.3, -0.25) is 4.79 Å². The standard InChI is InChI=1S/C27H34N2O2/c1-7-20-9-8-10-25(22(20)17-28)31-24-12-11-21(13-18(24)2)23(30)14-19-15-26(3,4)29-27(5,6)16-19/h8-13,19,29H,7,14-16H2,1-6H3. The van der Waals surface area contributed by atoms with Crippen LogP contribution in [-0.4, -0.2) is 16.9 Å². The van der Waals surface area contributed by atoms with Gasteiger partial charge in [-0.25, -0.2) is 0 Å². The second kappa shape index (κ2) is 8.85. The van der Waals surface area contributed by atoms with Gasteiger partial charge in [0.2, 0.25) is 0 Å². The number of aryl methyl sites for hydroxylation is 2. The van der Waals surface area contributed by atoms with Crippen LogP contribution in [0.1, 0.15) is 80.9 Å². The summed E-state index contributed by atoms with van der Waals surface area (Å²) >= 11 is 0. The highest BCUT2D eigenvalue weighted by Gasteiger charge is 2.38. The van der Waals surface area contributed by atoms with Gasteiger partial charge in [-0.15, -0.1) is 0 Å². The van der Waals surface area contributed by atoms with Gasteiger partial charge in [0.05, 0.1) is 5.56 Å². The molecule has 0 amide bonds. The number of benzene rings is 2. The molecule has 2 aromatic carbocycles. The Balaban J connectivity index is 1.75. The molecule has 0 atom stereocenters. The first-order valence-corrected chi connectivity index (χ1v) is 11.2. The Labute approximate surface area is 186 Å². The first kappa shape index (κ1) is 23.0. The average molecular weight is 419 g/mol. The number of carbonyl (C=O) groups excluding carboxylic acids is 1. The first-order valence-electron chi connectivity index (χ1n) is 11.2. The van der Waals surface area contributed by atoms with Crippen molar-refractivity contribution >= 4 is 5.78 Å². The first-order chi connectivity index (χ1) is 14.5. The molecule has 164 valence electrons. The fourth-order valence-corrected chi connectivity index (χ4v) is 5.20. The highest BCUT2D eigenvalue weighted by atomic mass is 16.5. The summed E-state index contributed by atoms with van der Waals surface area (Å²) in [7, 11) is 0. The number of nitrogens with zero attached hydrogens (tertiary/aromatic N) is 1. The maximum absolute atomic E-state index is 13.0. The van der Waals surface area contributed by atoms with Gasteiger partial charge in [0, 0.05) is 23.1 Å². The van der Waals surface area contributed by atoms with Crippen molar-refractivity contribution in [2.24, 2.45) is 5.92 Å². The number of ketones is 1. The zero-order valence-electron chi connectivity index (χ0n) is 19.6. The van der Waals surface area contributed by atoms with Gasteiger partial charge >= 0.3 is 0 Å². The lowest BCUT2D eigenvalue weighted by molar-refractivity contribution is 0.0864. The van der Waals surface area contributed by atoms with Crippen molar-refractivity contribution in [1.82, 2.24) is 5.32 Å². The van der Waals surface area contributed by atoms with Crippen molar-refractivity contribution < 1.29 is 9.53 Å². The van der Waals surface area contributed by atoms with Crippen LogP contribution in [0.3, 0.4) is 0 Å². The van der Waals surface area contributed by atoms with Gasteiger partial charge in [0.1, 0.15) is 17.6 Å². The lowest BCUT2D eigenvalue weighted by Gasteiger charge is -2.46. The lowest BCUT2D eigenvalue weighted by atomic mass is 9.74. The molecule has 1 aliphatic rings. The molecule has 1 aliphatic heterocycles. The van der Waals surface area contributed by atoms with Crippen LogP contribution in [0, 0.1) is 24.2 Å². The number of piperidine rings is 1. The van der Waals surface area contributed by atoms with Crippen LogP contribution in [0.15, 0.2) is 36.4 Å². The monoisotopic (exact) mass is 418 g/mol. The third kappa shape index (κ3) is 5.54. The minimum Gasteiger partial charge on any atom is -0.456 e. The second-order valence-electron chi connectivity index (χ2n) is 10.1. The van der Waals surface area contributed by atoms with Crippen LogP contribution in [0.5, 0.6) is 11.5 Å². The molecule has 0 bridgehead atoms. The third-order valence-corrected chi connectivity index (χ3v) is 6.07. The predicted molar refractivity (Wildman–Crippen MR) is 125 cm³/mol. The normalized spacial score (nSPS) is 17.7. The van der Waals surface area contributed by atoms with Crippen molar-refractivity contribution in [3.63, 3.8) is 0 Å². The molecular formula is C27H34N2O2. The number of hydrogen-bond acceptors (Lipinski definition) is 4. The summed E-state index contributed by atoms with van der Waals surface area (Å²) in [5.74, 6) is 1.78. The van der Waals surface area contributed by atoms with Gasteiger partial charge < -0.3 is 10.1 Å². The molecule has 4 heteroatoms. The highest BCUT2D eigenvalue weighted by molar-refractivity contribution is 5.96. The zero-order chi connectivity index (χ0) is 22.8. The minimum absolute atomic E-state index is 0.0335. The van der Waals surface area contributed by atoms with Crippen LogP contribution < -0.4 is 10.1 Å². The fraction of sp³-hybridized carbons (Fsp3) is 0.481. The van der Waals surface area contributed by atoms with E-state index in [0.29, 0.717) is 29.4 Å². The summed E-state index contributed by atoms with van der Waals surface area (Å²) in [6.45, 7) is 12.8. The van der Waals surface area contributed by atoms with E-state index in [-0.39, 0.29) is 16.9 Å². The van der Waals surface area contributed by atoms with E-state index in [0.717, 1.165) is 36.0 Å². The van der Waals surface area contributed by atoms with E-state index >= 15 is 0 Å². The molecule has 1 fully saturated rings. The van der Waals surface area contributed by atoms with Gasteiger partial charge in [-0.1, -0.05) is 19.1 Å². The molecule has 0 aromatic heterocycles. The Morgan fingerprint density at radius 3 is 2.39 bits per heavy atom. The maximum Gasteiger partial charge on any atom is 0.163 e. The number of Topliss-reactive ketones (excluding diaryl/α,β-unsaturated/α-hetero) is 1. The van der Waals surface area contributed by atoms with Crippen LogP contribution >= 0.6 is 0 Å². The Morgan fingerprint density at radius 1 is 1.13 bits per heavy atom. The number of nitriles is 1. The molecule has 0 radical (unpaired) electrons. The smallest absolute Gasteiger partial charge is 0.163 e. The van der Waals surface area contributed by atoms with E-state index < -0.39 is 0 Å². The van der Waals surface area contributed by atoms with Crippen molar-refractivity contribution in [2.75, 3.05) is 0 Å². The molecular weight excluding hydrogens is 384 g/mol. The van der Waals surface area contributed by atoms with E-state index in [4.69, 9.17) is 4.74 Å². The highest BCUT2D eigenvalue weighted by Crippen LogP contribution is 2.36. The van der Waals surface area contributed by atoms with E-state index in [2.05, 4.69) is 39.1 Å². The molecule has 1 N–H and O–H groups in total. The van der Waals surface area contributed by atoms with E-state index in [1.807, 2.05) is 50.2 Å². The summed E-state index contributed by atoms with van der Waals surface area (Å²) in [6.07, 6.45) is 3.32. The van der Waals surface area contributed by atoms with Crippen LogP contribution in [-0.2, 0) is 6.42 Å². The number of carbonyl (C=O) groups is 1. The Kier molecular flexibility index (Phi) is 6.57. The number of rotatable bonds is 6. The van der Waals surface area contributed by atoms with E-state index in [9.17, 15) is 10.1 Å². The summed E-state index contributed by atoms with van der Waals surface area (Å²) in [6, 6.07) is 13.5. The largest absolute Gasteiger partial charge is 0.456 e. The summed E-state index contributed by atoms with van der Waals surface area (Å²) < 4.78 is 6.07. The van der Waals surface area contributed by atoms with Crippen molar-refractivity contribution in [3.05, 3.63) is 58.7 Å². The Hall–Kier alpha value is -2.64. The quantitative estimate of drug-likeness (QED) is 0.555. The van der Waals surface area contributed by atoms with Crippen molar-refractivity contribution in [3.8, 4) is 17.6 Å². The Bertz CT molecular complexity index is 998. The topological polar surface area (TPSA) is 62.1 Å². The molecule has 0 aliphatic carbocycles.